The first-order valence-electron chi connectivity index (χ1n) is 7.47. The van der Waals surface area contributed by atoms with Gasteiger partial charge in [0.1, 0.15) is 0 Å². The van der Waals surface area contributed by atoms with Gasteiger partial charge in [0.2, 0.25) is 0 Å². The fourth-order valence-electron chi connectivity index (χ4n) is 2.41. The highest BCUT2D eigenvalue weighted by Gasteiger charge is 2.18. The molecule has 2 heterocycles. The van der Waals surface area contributed by atoms with Crippen LogP contribution in [-0.2, 0) is 4.74 Å². The van der Waals surface area contributed by atoms with Crippen molar-refractivity contribution < 1.29 is 14.3 Å². The summed E-state index contributed by atoms with van der Waals surface area (Å²) in [4.78, 5) is 27.3. The number of nitrogens with zero attached hydrogens (tertiary/aromatic N) is 1. The van der Waals surface area contributed by atoms with E-state index in [1.165, 1.54) is 0 Å². The lowest BCUT2D eigenvalue weighted by molar-refractivity contribution is 0.0303. The molecule has 0 bridgehead atoms. The van der Waals surface area contributed by atoms with Gasteiger partial charge in [0, 0.05) is 34.6 Å². The zero-order valence-corrected chi connectivity index (χ0v) is 13.7. The molecule has 1 fully saturated rings. The molecule has 6 heteroatoms. The Morgan fingerprint density at radius 1 is 1.13 bits per heavy atom. The van der Waals surface area contributed by atoms with Gasteiger partial charge in [-0.25, -0.2) is 0 Å². The lowest BCUT2D eigenvalue weighted by atomic mass is 10.1. The third-order valence-corrected chi connectivity index (χ3v) is 4.54. The van der Waals surface area contributed by atoms with Crippen molar-refractivity contribution in [3.05, 3.63) is 51.7 Å². The van der Waals surface area contributed by atoms with Crippen LogP contribution in [0.15, 0.2) is 35.7 Å². The third-order valence-electron chi connectivity index (χ3n) is 3.68. The summed E-state index contributed by atoms with van der Waals surface area (Å²) < 4.78 is 5.25. The SMILES string of the molecule is Cc1cc(C(=O)Nc2ccc(C(=O)N3CCOCC3)cc2)cs1. The minimum atomic E-state index is -0.137. The molecule has 1 N–H and O–H groups in total. The van der Waals surface area contributed by atoms with E-state index in [4.69, 9.17) is 4.74 Å². The summed E-state index contributed by atoms with van der Waals surface area (Å²) in [5.41, 5.74) is 1.95. The van der Waals surface area contributed by atoms with Crippen LogP contribution in [-0.4, -0.2) is 43.0 Å². The molecule has 2 aromatic rings. The van der Waals surface area contributed by atoms with Crippen molar-refractivity contribution in [3.8, 4) is 0 Å². The molecule has 2 amide bonds. The predicted molar refractivity (Wildman–Crippen MR) is 90.2 cm³/mol. The van der Waals surface area contributed by atoms with E-state index in [0.29, 0.717) is 43.1 Å². The number of ether oxygens (including phenoxy) is 1. The van der Waals surface area contributed by atoms with E-state index in [2.05, 4.69) is 5.32 Å². The summed E-state index contributed by atoms with van der Waals surface area (Å²) in [6.45, 7) is 4.37. The van der Waals surface area contributed by atoms with Crippen LogP contribution in [0.4, 0.5) is 5.69 Å². The summed E-state index contributed by atoms with van der Waals surface area (Å²) >= 11 is 1.54. The Kier molecular flexibility index (Phi) is 4.73. The van der Waals surface area contributed by atoms with Gasteiger partial charge < -0.3 is 15.0 Å². The number of nitrogens with one attached hydrogen (secondary N) is 1. The second-order valence-electron chi connectivity index (χ2n) is 5.38. The van der Waals surface area contributed by atoms with E-state index < -0.39 is 0 Å². The number of benzene rings is 1. The number of morpholine rings is 1. The zero-order valence-electron chi connectivity index (χ0n) is 12.9. The smallest absolute Gasteiger partial charge is 0.256 e. The second kappa shape index (κ2) is 6.93. The number of hydrogen-bond acceptors (Lipinski definition) is 4. The average molecular weight is 330 g/mol. The molecule has 120 valence electrons. The second-order valence-corrected chi connectivity index (χ2v) is 6.50. The predicted octanol–water partition coefficient (Wildman–Crippen LogP) is 2.78. The van der Waals surface area contributed by atoms with Crippen LogP contribution in [0.25, 0.3) is 0 Å². The molecule has 0 atom stereocenters. The van der Waals surface area contributed by atoms with Crippen LogP contribution < -0.4 is 5.32 Å². The lowest BCUT2D eigenvalue weighted by Gasteiger charge is -2.26. The monoisotopic (exact) mass is 330 g/mol. The van der Waals surface area contributed by atoms with Crippen molar-refractivity contribution in [2.45, 2.75) is 6.92 Å². The summed E-state index contributed by atoms with van der Waals surface area (Å²) in [6.07, 6.45) is 0. The Bertz CT molecular complexity index is 703. The minimum Gasteiger partial charge on any atom is -0.378 e. The van der Waals surface area contributed by atoms with Gasteiger partial charge in [-0.3, -0.25) is 9.59 Å². The first-order chi connectivity index (χ1) is 11.1. The topological polar surface area (TPSA) is 58.6 Å². The van der Waals surface area contributed by atoms with Gasteiger partial charge in [0.15, 0.2) is 0 Å². The molecule has 1 aliphatic rings. The van der Waals surface area contributed by atoms with Gasteiger partial charge in [-0.05, 0) is 37.3 Å². The molecule has 0 radical (unpaired) electrons. The Morgan fingerprint density at radius 3 is 2.43 bits per heavy atom. The van der Waals surface area contributed by atoms with E-state index in [1.807, 2.05) is 18.4 Å². The normalized spacial score (nSPS) is 14.6. The molecule has 1 saturated heterocycles. The largest absolute Gasteiger partial charge is 0.378 e. The molecule has 23 heavy (non-hydrogen) atoms. The van der Waals surface area contributed by atoms with Crippen molar-refractivity contribution in [2.75, 3.05) is 31.6 Å². The van der Waals surface area contributed by atoms with E-state index in [1.54, 1.807) is 40.5 Å². The number of thiophene rings is 1. The Hall–Kier alpha value is -2.18. The van der Waals surface area contributed by atoms with Crippen molar-refractivity contribution >= 4 is 28.8 Å². The fraction of sp³-hybridized carbons (Fsp3) is 0.294. The van der Waals surface area contributed by atoms with Gasteiger partial charge in [-0.1, -0.05) is 0 Å². The summed E-state index contributed by atoms with van der Waals surface area (Å²) in [6, 6.07) is 8.85. The van der Waals surface area contributed by atoms with Gasteiger partial charge in [0.25, 0.3) is 11.8 Å². The van der Waals surface area contributed by atoms with Gasteiger partial charge >= 0.3 is 0 Å². The van der Waals surface area contributed by atoms with Crippen molar-refractivity contribution in [1.82, 2.24) is 4.90 Å². The fourth-order valence-corrected chi connectivity index (χ4v) is 3.09. The standard InChI is InChI=1S/C17H18N2O3S/c1-12-10-14(11-23-12)16(20)18-15-4-2-13(3-5-15)17(21)19-6-8-22-9-7-19/h2-5,10-11H,6-9H2,1H3,(H,18,20). The van der Waals surface area contributed by atoms with Crippen LogP contribution in [0.2, 0.25) is 0 Å². The molecule has 1 aromatic carbocycles. The molecular formula is C17H18N2O3S. The van der Waals surface area contributed by atoms with Crippen molar-refractivity contribution in [2.24, 2.45) is 0 Å². The Balaban J connectivity index is 1.64. The number of aryl methyl sites for hydroxylation is 1. The third kappa shape index (κ3) is 3.78. The Morgan fingerprint density at radius 2 is 1.83 bits per heavy atom. The molecule has 0 unspecified atom stereocenters. The molecule has 1 aliphatic heterocycles. The average Bonchev–Trinajstić information content (AvgIpc) is 3.02. The van der Waals surface area contributed by atoms with E-state index in [0.717, 1.165) is 4.88 Å². The molecule has 5 nitrogen and oxygen atoms in total. The van der Waals surface area contributed by atoms with Crippen LogP contribution in [0.5, 0.6) is 0 Å². The van der Waals surface area contributed by atoms with E-state index in [9.17, 15) is 9.59 Å². The van der Waals surface area contributed by atoms with E-state index >= 15 is 0 Å². The number of carbonyl (C=O) groups excluding carboxylic acids is 2. The highest BCUT2D eigenvalue weighted by molar-refractivity contribution is 7.10. The van der Waals surface area contributed by atoms with Crippen LogP contribution in [0.1, 0.15) is 25.6 Å². The first kappa shape index (κ1) is 15.7. The molecular weight excluding hydrogens is 312 g/mol. The lowest BCUT2D eigenvalue weighted by Crippen LogP contribution is -2.40. The quantitative estimate of drug-likeness (QED) is 0.941. The maximum atomic E-state index is 12.3. The highest BCUT2D eigenvalue weighted by atomic mass is 32.1. The summed E-state index contributed by atoms with van der Waals surface area (Å²) in [5.74, 6) is -0.138. The van der Waals surface area contributed by atoms with Crippen LogP contribution >= 0.6 is 11.3 Å². The molecule has 0 aliphatic carbocycles. The van der Waals surface area contributed by atoms with E-state index in [-0.39, 0.29) is 11.8 Å². The van der Waals surface area contributed by atoms with Gasteiger partial charge in [0.05, 0.1) is 18.8 Å². The van der Waals surface area contributed by atoms with Gasteiger partial charge in [-0.15, -0.1) is 11.3 Å². The molecule has 3 rings (SSSR count). The number of amides is 2. The summed E-state index contributed by atoms with van der Waals surface area (Å²) in [7, 11) is 0. The maximum absolute atomic E-state index is 12.3. The minimum absolute atomic E-state index is 0.000337. The number of carbonyl (C=O) groups is 2. The highest BCUT2D eigenvalue weighted by Crippen LogP contribution is 2.17. The maximum Gasteiger partial charge on any atom is 0.256 e. The number of anilines is 1. The number of rotatable bonds is 3. The molecule has 0 spiro atoms. The zero-order chi connectivity index (χ0) is 16.2. The van der Waals surface area contributed by atoms with Crippen molar-refractivity contribution in [1.29, 1.82) is 0 Å². The first-order valence-corrected chi connectivity index (χ1v) is 8.35. The van der Waals surface area contributed by atoms with Crippen molar-refractivity contribution in [3.63, 3.8) is 0 Å². The van der Waals surface area contributed by atoms with Crippen LogP contribution in [0, 0.1) is 6.92 Å². The Labute approximate surface area is 138 Å². The van der Waals surface area contributed by atoms with Crippen LogP contribution in [0.3, 0.4) is 0 Å². The summed E-state index contributed by atoms with van der Waals surface area (Å²) in [5, 5.41) is 4.67. The molecule has 1 aromatic heterocycles. The number of hydrogen-bond donors (Lipinski definition) is 1. The van der Waals surface area contributed by atoms with Gasteiger partial charge in [-0.2, -0.15) is 0 Å². The molecule has 0 saturated carbocycles.